The van der Waals surface area contributed by atoms with Crippen molar-refractivity contribution in [3.8, 4) is 0 Å². The van der Waals surface area contributed by atoms with E-state index in [4.69, 9.17) is 5.73 Å². The number of hydrogen-bond acceptors (Lipinski definition) is 3. The lowest BCUT2D eigenvalue weighted by atomic mass is 10.1. The van der Waals surface area contributed by atoms with Gasteiger partial charge in [0.05, 0.1) is 6.20 Å². The number of rotatable bonds is 5. The molecule has 0 unspecified atom stereocenters. The molecule has 100 valence electrons. The van der Waals surface area contributed by atoms with Crippen LogP contribution in [0.5, 0.6) is 0 Å². The van der Waals surface area contributed by atoms with Crippen molar-refractivity contribution in [3.05, 3.63) is 47.3 Å². The molecule has 0 aliphatic carbocycles. The Morgan fingerprint density at radius 1 is 1.47 bits per heavy atom. The van der Waals surface area contributed by atoms with Gasteiger partial charge in [0.15, 0.2) is 0 Å². The third-order valence-electron chi connectivity index (χ3n) is 2.99. The molecule has 1 aromatic heterocycles. The number of nitrogens with one attached hydrogen (secondary N) is 2. The van der Waals surface area contributed by atoms with Crippen molar-refractivity contribution in [1.29, 1.82) is 0 Å². The topological polar surface area (TPSA) is 83.8 Å². The molecule has 0 radical (unpaired) electrons. The number of aryl methyl sites for hydroxylation is 2. The number of benzene rings is 1. The highest BCUT2D eigenvalue weighted by Crippen LogP contribution is 2.07. The summed E-state index contributed by atoms with van der Waals surface area (Å²) in [4.78, 5) is 11.8. The Morgan fingerprint density at radius 2 is 2.32 bits per heavy atom. The number of nitrogen functional groups attached to an aromatic ring is 1. The molecular weight excluding hydrogens is 240 g/mol. The van der Waals surface area contributed by atoms with Gasteiger partial charge in [0.25, 0.3) is 5.91 Å². The summed E-state index contributed by atoms with van der Waals surface area (Å²) in [6, 6.07) is 6.97. The summed E-state index contributed by atoms with van der Waals surface area (Å²) < 4.78 is 0. The van der Waals surface area contributed by atoms with E-state index in [0.717, 1.165) is 18.5 Å². The normalized spacial score (nSPS) is 10.4. The minimum Gasteiger partial charge on any atom is -0.399 e. The quantitative estimate of drug-likeness (QED) is 0.563. The zero-order valence-electron chi connectivity index (χ0n) is 10.9. The van der Waals surface area contributed by atoms with Gasteiger partial charge in [0, 0.05) is 23.5 Å². The lowest BCUT2D eigenvalue weighted by Gasteiger charge is -2.05. The predicted molar refractivity (Wildman–Crippen MR) is 74.8 cm³/mol. The molecular formula is C14H18N4O. The molecule has 0 spiro atoms. The first-order chi connectivity index (χ1) is 9.16. The average Bonchev–Trinajstić information content (AvgIpc) is 2.80. The zero-order valence-corrected chi connectivity index (χ0v) is 10.9. The molecule has 0 saturated heterocycles. The van der Waals surface area contributed by atoms with Crippen molar-refractivity contribution in [2.75, 3.05) is 12.3 Å². The largest absolute Gasteiger partial charge is 0.399 e. The number of anilines is 1. The summed E-state index contributed by atoms with van der Waals surface area (Å²) in [5.41, 5.74) is 9.12. The molecule has 0 aliphatic heterocycles. The monoisotopic (exact) mass is 258 g/mol. The first-order valence-electron chi connectivity index (χ1n) is 6.29. The number of nitrogens with zero attached hydrogens (tertiary/aromatic N) is 1. The van der Waals surface area contributed by atoms with Crippen LogP contribution in [0, 0.1) is 6.92 Å². The van der Waals surface area contributed by atoms with E-state index in [1.165, 1.54) is 5.56 Å². The summed E-state index contributed by atoms with van der Waals surface area (Å²) in [5.74, 6) is -0.0868. The van der Waals surface area contributed by atoms with Crippen LogP contribution >= 0.6 is 0 Å². The number of carbonyl (C=O) groups excluding carboxylic acids is 1. The summed E-state index contributed by atoms with van der Waals surface area (Å²) >= 11 is 0. The summed E-state index contributed by atoms with van der Waals surface area (Å²) in [5, 5.41) is 9.75. The minimum absolute atomic E-state index is 0.0868. The van der Waals surface area contributed by atoms with E-state index in [-0.39, 0.29) is 5.91 Å². The van der Waals surface area contributed by atoms with Crippen LogP contribution in [0.15, 0.2) is 30.5 Å². The first-order valence-corrected chi connectivity index (χ1v) is 6.29. The van der Waals surface area contributed by atoms with Gasteiger partial charge in [-0.2, -0.15) is 5.10 Å². The third-order valence-corrected chi connectivity index (χ3v) is 2.99. The number of hydrogen-bond donors (Lipinski definition) is 3. The fourth-order valence-electron chi connectivity index (χ4n) is 1.89. The Bertz CT molecular complexity index is 562. The van der Waals surface area contributed by atoms with E-state index in [2.05, 4.69) is 15.5 Å². The molecule has 0 bridgehead atoms. The Balaban J connectivity index is 1.77. The van der Waals surface area contributed by atoms with Gasteiger partial charge in [-0.3, -0.25) is 9.89 Å². The highest BCUT2D eigenvalue weighted by molar-refractivity contribution is 5.94. The average molecular weight is 258 g/mol. The Labute approximate surface area is 112 Å². The molecule has 1 aromatic carbocycles. The Hall–Kier alpha value is -2.30. The first kappa shape index (κ1) is 13.1. The van der Waals surface area contributed by atoms with Crippen LogP contribution in [0.25, 0.3) is 0 Å². The van der Waals surface area contributed by atoms with Gasteiger partial charge in [-0.1, -0.05) is 6.07 Å². The maximum atomic E-state index is 11.8. The molecule has 1 amide bonds. The zero-order chi connectivity index (χ0) is 13.7. The van der Waals surface area contributed by atoms with Crippen molar-refractivity contribution in [2.24, 2.45) is 0 Å². The number of amides is 1. The van der Waals surface area contributed by atoms with Gasteiger partial charge in [-0.05, 0) is 43.5 Å². The van der Waals surface area contributed by atoms with Crippen molar-refractivity contribution < 1.29 is 4.79 Å². The molecule has 2 aromatic rings. The van der Waals surface area contributed by atoms with E-state index in [9.17, 15) is 4.79 Å². The molecule has 0 saturated carbocycles. The van der Waals surface area contributed by atoms with Gasteiger partial charge in [-0.15, -0.1) is 0 Å². The van der Waals surface area contributed by atoms with E-state index in [1.807, 2.05) is 13.1 Å². The molecule has 0 aliphatic rings. The van der Waals surface area contributed by atoms with Gasteiger partial charge >= 0.3 is 0 Å². The van der Waals surface area contributed by atoms with Gasteiger partial charge < -0.3 is 11.1 Å². The van der Waals surface area contributed by atoms with Crippen LogP contribution in [0.2, 0.25) is 0 Å². The second-order valence-corrected chi connectivity index (χ2v) is 4.51. The molecule has 5 nitrogen and oxygen atoms in total. The smallest absolute Gasteiger partial charge is 0.251 e. The number of aromatic nitrogens is 2. The highest BCUT2D eigenvalue weighted by atomic mass is 16.1. The van der Waals surface area contributed by atoms with Crippen LogP contribution in [-0.4, -0.2) is 22.6 Å². The van der Waals surface area contributed by atoms with Crippen molar-refractivity contribution in [1.82, 2.24) is 15.5 Å². The summed E-state index contributed by atoms with van der Waals surface area (Å²) in [7, 11) is 0. The van der Waals surface area contributed by atoms with Crippen molar-refractivity contribution in [3.63, 3.8) is 0 Å². The lowest BCUT2D eigenvalue weighted by molar-refractivity contribution is 0.0953. The van der Waals surface area contributed by atoms with E-state index in [0.29, 0.717) is 17.8 Å². The predicted octanol–water partition coefficient (Wildman–Crippen LogP) is 1.66. The Morgan fingerprint density at radius 3 is 3.00 bits per heavy atom. The second-order valence-electron chi connectivity index (χ2n) is 4.51. The second kappa shape index (κ2) is 6.04. The van der Waals surface area contributed by atoms with Crippen molar-refractivity contribution in [2.45, 2.75) is 19.8 Å². The summed E-state index contributed by atoms with van der Waals surface area (Å²) in [6.07, 6.45) is 3.61. The van der Waals surface area contributed by atoms with Crippen LogP contribution in [0.4, 0.5) is 5.69 Å². The highest BCUT2D eigenvalue weighted by Gasteiger charge is 2.05. The van der Waals surface area contributed by atoms with Crippen LogP contribution in [-0.2, 0) is 6.42 Å². The maximum absolute atomic E-state index is 11.8. The summed E-state index contributed by atoms with van der Waals surface area (Å²) in [6.45, 7) is 2.63. The molecule has 5 heteroatoms. The Kier molecular flexibility index (Phi) is 4.18. The molecule has 4 N–H and O–H groups in total. The lowest BCUT2D eigenvalue weighted by Crippen LogP contribution is -2.24. The number of aromatic amines is 1. The fourth-order valence-corrected chi connectivity index (χ4v) is 1.89. The molecule has 0 fully saturated rings. The number of H-pyrrole nitrogens is 1. The van der Waals surface area contributed by atoms with E-state index < -0.39 is 0 Å². The van der Waals surface area contributed by atoms with Crippen LogP contribution < -0.4 is 11.1 Å². The minimum atomic E-state index is -0.0868. The molecule has 1 heterocycles. The SMILES string of the molecule is Cc1[nH]ncc1CCCNC(=O)c1cccc(N)c1. The van der Waals surface area contributed by atoms with Crippen LogP contribution in [0.1, 0.15) is 28.0 Å². The van der Waals surface area contributed by atoms with Gasteiger partial charge in [0.1, 0.15) is 0 Å². The maximum Gasteiger partial charge on any atom is 0.251 e. The van der Waals surface area contributed by atoms with Crippen molar-refractivity contribution >= 4 is 11.6 Å². The van der Waals surface area contributed by atoms with E-state index in [1.54, 1.807) is 24.3 Å². The van der Waals surface area contributed by atoms with Gasteiger partial charge in [0.2, 0.25) is 0 Å². The third kappa shape index (κ3) is 3.58. The molecule has 2 rings (SSSR count). The van der Waals surface area contributed by atoms with Crippen LogP contribution in [0.3, 0.4) is 0 Å². The van der Waals surface area contributed by atoms with Gasteiger partial charge in [-0.25, -0.2) is 0 Å². The van der Waals surface area contributed by atoms with E-state index >= 15 is 0 Å². The number of nitrogens with two attached hydrogens (primary N) is 1. The fraction of sp³-hybridized carbons (Fsp3) is 0.286. The molecule has 0 atom stereocenters. The molecule has 19 heavy (non-hydrogen) atoms. The number of carbonyl (C=O) groups is 1. The standard InChI is InChI=1S/C14H18N4O/c1-10-12(9-17-18-10)5-3-7-16-14(19)11-4-2-6-13(15)8-11/h2,4,6,8-9H,3,5,7,15H2,1H3,(H,16,19)(H,17,18).